The maximum Gasteiger partial charge on any atom is 0.269 e. The molecule has 140 valence electrons. The van der Waals surface area contributed by atoms with Gasteiger partial charge in [-0.25, -0.2) is 9.37 Å². The van der Waals surface area contributed by atoms with Crippen LogP contribution in [0.5, 0.6) is 11.6 Å². The minimum absolute atomic E-state index is 0.0179. The SMILES string of the molecule is O=C(C=Cc1ccc([N+](=O)[O-])cc1)Nc1ccc(Oc2ccc(F)cc2)nc1. The first-order chi connectivity index (χ1) is 13.5. The fraction of sp³-hybridized carbons (Fsp3) is 0. The average molecular weight is 379 g/mol. The number of nitrogens with one attached hydrogen (secondary N) is 1. The number of halogens is 1. The standard InChI is InChI=1S/C20H14FN3O4/c21-15-4-9-18(10-5-15)28-20-12-6-16(13-22-20)23-19(25)11-3-14-1-7-17(8-2-14)24(26)27/h1-13H,(H,23,25). The molecule has 0 fully saturated rings. The molecule has 0 aliphatic heterocycles. The van der Waals surface area contributed by atoms with Crippen molar-refractivity contribution in [3.8, 4) is 11.6 Å². The molecule has 8 heteroatoms. The second kappa shape index (κ2) is 8.54. The van der Waals surface area contributed by atoms with Gasteiger partial charge in [-0.1, -0.05) is 0 Å². The molecule has 0 unspecified atom stereocenters. The fourth-order valence-electron chi connectivity index (χ4n) is 2.20. The number of aromatic nitrogens is 1. The molecule has 28 heavy (non-hydrogen) atoms. The lowest BCUT2D eigenvalue weighted by Gasteiger charge is -2.06. The number of ether oxygens (including phenoxy) is 1. The second-order valence-corrected chi connectivity index (χ2v) is 5.61. The Hall–Kier alpha value is -4.07. The Balaban J connectivity index is 1.56. The summed E-state index contributed by atoms with van der Waals surface area (Å²) in [4.78, 5) is 26.2. The van der Waals surface area contributed by atoms with Crippen LogP contribution in [0.15, 0.2) is 72.9 Å². The van der Waals surface area contributed by atoms with E-state index < -0.39 is 4.92 Å². The molecule has 0 aliphatic rings. The van der Waals surface area contributed by atoms with Crippen LogP contribution in [0.4, 0.5) is 15.8 Å². The van der Waals surface area contributed by atoms with Crippen molar-refractivity contribution >= 4 is 23.4 Å². The van der Waals surface area contributed by atoms with Gasteiger partial charge in [-0.15, -0.1) is 0 Å². The molecule has 1 N–H and O–H groups in total. The molecule has 0 aliphatic carbocycles. The monoisotopic (exact) mass is 379 g/mol. The van der Waals surface area contributed by atoms with E-state index >= 15 is 0 Å². The van der Waals surface area contributed by atoms with Crippen molar-refractivity contribution in [2.45, 2.75) is 0 Å². The largest absolute Gasteiger partial charge is 0.439 e. The molecule has 0 radical (unpaired) electrons. The molecule has 7 nitrogen and oxygen atoms in total. The fourth-order valence-corrected chi connectivity index (χ4v) is 2.20. The molecule has 0 saturated carbocycles. The van der Waals surface area contributed by atoms with Crippen LogP contribution in [0.3, 0.4) is 0 Å². The Bertz CT molecular complexity index is 1000. The van der Waals surface area contributed by atoms with Crippen LogP contribution in [0.1, 0.15) is 5.56 Å². The lowest BCUT2D eigenvalue weighted by atomic mass is 10.2. The maximum atomic E-state index is 12.9. The van der Waals surface area contributed by atoms with E-state index in [2.05, 4.69) is 10.3 Å². The topological polar surface area (TPSA) is 94.4 Å². The zero-order chi connectivity index (χ0) is 19.9. The van der Waals surface area contributed by atoms with Crippen LogP contribution in [0.2, 0.25) is 0 Å². The van der Waals surface area contributed by atoms with Gasteiger partial charge in [0.15, 0.2) is 0 Å². The highest BCUT2D eigenvalue weighted by Crippen LogP contribution is 2.20. The van der Waals surface area contributed by atoms with Crippen LogP contribution in [0.25, 0.3) is 6.08 Å². The number of anilines is 1. The van der Waals surface area contributed by atoms with E-state index in [1.807, 2.05) is 0 Å². The van der Waals surface area contributed by atoms with Crippen molar-refractivity contribution in [2.75, 3.05) is 5.32 Å². The van der Waals surface area contributed by atoms with Gasteiger partial charge in [-0.2, -0.15) is 0 Å². The Morgan fingerprint density at radius 1 is 1.07 bits per heavy atom. The van der Waals surface area contributed by atoms with Crippen LogP contribution < -0.4 is 10.1 Å². The predicted molar refractivity (Wildman–Crippen MR) is 101 cm³/mol. The first-order valence-corrected chi connectivity index (χ1v) is 8.12. The molecule has 0 saturated heterocycles. The van der Waals surface area contributed by atoms with E-state index in [0.717, 1.165) is 0 Å². The number of carbonyl (C=O) groups excluding carboxylic acids is 1. The summed E-state index contributed by atoms with van der Waals surface area (Å²) in [7, 11) is 0. The third kappa shape index (κ3) is 5.21. The zero-order valence-corrected chi connectivity index (χ0v) is 14.4. The maximum absolute atomic E-state index is 12.9. The lowest BCUT2D eigenvalue weighted by molar-refractivity contribution is -0.384. The minimum atomic E-state index is -0.489. The molecule has 1 aromatic heterocycles. The van der Waals surface area contributed by atoms with Gasteiger partial charge in [0.05, 0.1) is 16.8 Å². The van der Waals surface area contributed by atoms with Gasteiger partial charge in [-0.3, -0.25) is 14.9 Å². The van der Waals surface area contributed by atoms with Crippen LogP contribution in [-0.4, -0.2) is 15.8 Å². The van der Waals surface area contributed by atoms with Crippen molar-refractivity contribution in [1.29, 1.82) is 0 Å². The van der Waals surface area contributed by atoms with Gasteiger partial charge in [0.1, 0.15) is 11.6 Å². The molecule has 0 bridgehead atoms. The van der Waals surface area contributed by atoms with Gasteiger partial charge in [-0.05, 0) is 54.1 Å². The van der Waals surface area contributed by atoms with Crippen molar-refractivity contribution in [2.24, 2.45) is 0 Å². The summed E-state index contributed by atoms with van der Waals surface area (Å²) < 4.78 is 18.3. The summed E-state index contributed by atoms with van der Waals surface area (Å²) in [5.74, 6) is -0.00440. The third-order valence-corrected chi connectivity index (χ3v) is 3.57. The number of nitro benzene ring substituents is 1. The number of hydrogen-bond acceptors (Lipinski definition) is 5. The number of nitro groups is 1. The van der Waals surface area contributed by atoms with Crippen LogP contribution in [0, 0.1) is 15.9 Å². The quantitative estimate of drug-likeness (QED) is 0.384. The van der Waals surface area contributed by atoms with E-state index in [1.165, 1.54) is 48.7 Å². The Labute approximate surface area is 159 Å². The second-order valence-electron chi connectivity index (χ2n) is 5.61. The summed E-state index contributed by atoms with van der Waals surface area (Å²) in [5.41, 5.74) is 1.10. The summed E-state index contributed by atoms with van der Waals surface area (Å²) in [6.45, 7) is 0. The third-order valence-electron chi connectivity index (χ3n) is 3.57. The van der Waals surface area contributed by atoms with Gasteiger partial charge in [0.25, 0.3) is 5.69 Å². The number of non-ortho nitro benzene ring substituents is 1. The van der Waals surface area contributed by atoms with E-state index in [1.54, 1.807) is 30.3 Å². The van der Waals surface area contributed by atoms with Crippen molar-refractivity contribution in [3.05, 3.63) is 94.4 Å². The van der Waals surface area contributed by atoms with Gasteiger partial charge in [0.2, 0.25) is 11.8 Å². The van der Waals surface area contributed by atoms with Gasteiger partial charge < -0.3 is 10.1 Å². The Morgan fingerprint density at radius 3 is 2.39 bits per heavy atom. The summed E-state index contributed by atoms with van der Waals surface area (Å²) in [6, 6.07) is 14.5. The van der Waals surface area contributed by atoms with E-state index in [-0.39, 0.29) is 17.4 Å². The van der Waals surface area contributed by atoms with Crippen molar-refractivity contribution in [3.63, 3.8) is 0 Å². The first kappa shape index (κ1) is 18.7. The number of hydrogen-bond donors (Lipinski definition) is 1. The first-order valence-electron chi connectivity index (χ1n) is 8.12. The van der Waals surface area contributed by atoms with Crippen LogP contribution >= 0.6 is 0 Å². The zero-order valence-electron chi connectivity index (χ0n) is 14.4. The lowest BCUT2D eigenvalue weighted by Crippen LogP contribution is -2.07. The number of nitrogens with zero attached hydrogens (tertiary/aromatic N) is 2. The summed E-state index contributed by atoms with van der Waals surface area (Å²) >= 11 is 0. The molecule has 0 atom stereocenters. The summed E-state index contributed by atoms with van der Waals surface area (Å²) in [5, 5.41) is 13.3. The normalized spacial score (nSPS) is 10.6. The highest BCUT2D eigenvalue weighted by Gasteiger charge is 2.04. The number of rotatable bonds is 6. The highest BCUT2D eigenvalue weighted by atomic mass is 19.1. The highest BCUT2D eigenvalue weighted by molar-refractivity contribution is 6.01. The molecule has 3 aromatic rings. The molecular formula is C20H14FN3O4. The average Bonchev–Trinajstić information content (AvgIpc) is 2.70. The molecule has 1 amide bonds. The number of amides is 1. The van der Waals surface area contributed by atoms with E-state index in [0.29, 0.717) is 22.9 Å². The Morgan fingerprint density at radius 2 is 1.79 bits per heavy atom. The van der Waals surface area contributed by atoms with E-state index in [4.69, 9.17) is 4.74 Å². The molecule has 0 spiro atoms. The molecular weight excluding hydrogens is 365 g/mol. The molecule has 1 heterocycles. The van der Waals surface area contributed by atoms with Gasteiger partial charge >= 0.3 is 0 Å². The molecule has 2 aromatic carbocycles. The van der Waals surface area contributed by atoms with E-state index in [9.17, 15) is 19.3 Å². The Kier molecular flexibility index (Phi) is 5.71. The predicted octanol–water partition coefficient (Wildman–Crippen LogP) is 4.57. The van der Waals surface area contributed by atoms with Crippen molar-refractivity contribution < 1.29 is 18.8 Å². The number of pyridine rings is 1. The molecule has 3 rings (SSSR count). The van der Waals surface area contributed by atoms with Gasteiger partial charge in [0, 0.05) is 24.3 Å². The number of carbonyl (C=O) groups is 1. The van der Waals surface area contributed by atoms with Crippen LogP contribution in [-0.2, 0) is 4.79 Å². The minimum Gasteiger partial charge on any atom is -0.439 e. The summed E-state index contributed by atoms with van der Waals surface area (Å²) in [6.07, 6.45) is 4.28. The number of benzene rings is 2. The smallest absolute Gasteiger partial charge is 0.269 e. The van der Waals surface area contributed by atoms with Crippen molar-refractivity contribution in [1.82, 2.24) is 4.98 Å².